The number of hydrogen-bond acceptors (Lipinski definition) is 9. The van der Waals surface area contributed by atoms with Gasteiger partial charge in [0.25, 0.3) is 11.2 Å². The van der Waals surface area contributed by atoms with Gasteiger partial charge >= 0.3 is 11.9 Å². The second kappa shape index (κ2) is 9.47. The first-order valence-electron chi connectivity index (χ1n) is 10.3. The van der Waals surface area contributed by atoms with E-state index in [0.717, 1.165) is 11.3 Å². The van der Waals surface area contributed by atoms with Crippen molar-refractivity contribution in [2.75, 3.05) is 14.2 Å². The Bertz CT molecular complexity index is 1570. The van der Waals surface area contributed by atoms with E-state index in [1.54, 1.807) is 43.3 Å². The Kier molecular flexibility index (Phi) is 6.43. The highest BCUT2D eigenvalue weighted by Gasteiger charge is 2.33. The molecule has 0 saturated heterocycles. The van der Waals surface area contributed by atoms with Crippen LogP contribution >= 0.6 is 11.3 Å². The zero-order valence-corrected chi connectivity index (χ0v) is 19.7. The van der Waals surface area contributed by atoms with Crippen LogP contribution < -0.4 is 14.9 Å². The molecule has 1 aromatic heterocycles. The van der Waals surface area contributed by atoms with Crippen LogP contribution in [-0.4, -0.2) is 35.6 Å². The van der Waals surface area contributed by atoms with Crippen LogP contribution in [0.4, 0.5) is 5.69 Å². The number of methoxy groups -OCH3 is 2. The molecule has 0 saturated carbocycles. The average molecular weight is 493 g/mol. The van der Waals surface area contributed by atoms with Crippen LogP contribution in [0.15, 0.2) is 69.6 Å². The van der Waals surface area contributed by atoms with Gasteiger partial charge in [0, 0.05) is 12.1 Å². The highest BCUT2D eigenvalue weighted by atomic mass is 32.1. The third-order valence-corrected chi connectivity index (χ3v) is 6.44. The quantitative estimate of drug-likeness (QED) is 0.302. The molecule has 0 radical (unpaired) electrons. The number of rotatable bonds is 5. The van der Waals surface area contributed by atoms with Gasteiger partial charge in [0.2, 0.25) is 0 Å². The molecule has 3 aromatic rings. The lowest BCUT2D eigenvalue weighted by molar-refractivity contribution is -0.384. The van der Waals surface area contributed by atoms with Crippen molar-refractivity contribution in [3.8, 4) is 0 Å². The average Bonchev–Trinajstić information content (AvgIpc) is 3.16. The Morgan fingerprint density at radius 3 is 2.43 bits per heavy atom. The first kappa shape index (κ1) is 23.8. The summed E-state index contributed by atoms with van der Waals surface area (Å²) in [6.45, 7) is 1.65. The number of thiazole rings is 1. The molecule has 0 amide bonds. The van der Waals surface area contributed by atoms with Crippen LogP contribution in [0.3, 0.4) is 0 Å². The summed E-state index contributed by atoms with van der Waals surface area (Å²) < 4.78 is 11.4. The Labute approximate surface area is 202 Å². The van der Waals surface area contributed by atoms with Crippen LogP contribution in [0.25, 0.3) is 6.08 Å². The maximum Gasteiger partial charge on any atom is 0.338 e. The lowest BCUT2D eigenvalue weighted by Crippen LogP contribution is -2.39. The number of nitrogens with zero attached hydrogens (tertiary/aromatic N) is 3. The van der Waals surface area contributed by atoms with Gasteiger partial charge in [0.1, 0.15) is 0 Å². The Hall–Kier alpha value is -4.38. The third kappa shape index (κ3) is 4.41. The number of hydrogen-bond donors (Lipinski definition) is 0. The third-order valence-electron chi connectivity index (χ3n) is 5.45. The predicted molar refractivity (Wildman–Crippen MR) is 127 cm³/mol. The first-order valence-corrected chi connectivity index (χ1v) is 11.1. The van der Waals surface area contributed by atoms with E-state index in [1.807, 2.05) is 0 Å². The molecule has 11 heteroatoms. The lowest BCUT2D eigenvalue weighted by Gasteiger charge is -2.24. The van der Waals surface area contributed by atoms with E-state index in [4.69, 9.17) is 9.47 Å². The van der Waals surface area contributed by atoms with Crippen molar-refractivity contribution in [1.29, 1.82) is 0 Å². The smallest absolute Gasteiger partial charge is 0.338 e. The fourth-order valence-electron chi connectivity index (χ4n) is 3.81. The molecule has 10 nitrogen and oxygen atoms in total. The van der Waals surface area contributed by atoms with E-state index in [0.29, 0.717) is 31.7 Å². The summed E-state index contributed by atoms with van der Waals surface area (Å²) in [5.74, 6) is -1.15. The summed E-state index contributed by atoms with van der Waals surface area (Å²) in [6, 6.07) is 11.4. The Balaban J connectivity index is 1.92. The second-order valence-corrected chi connectivity index (χ2v) is 8.55. The van der Waals surface area contributed by atoms with Crippen molar-refractivity contribution in [2.24, 2.45) is 4.99 Å². The molecule has 2 aromatic carbocycles. The molecule has 1 aliphatic heterocycles. The summed E-state index contributed by atoms with van der Waals surface area (Å²) in [6.07, 6.45) is 1.55. The number of aromatic nitrogens is 1. The standard InChI is InChI=1S/C24H19N3O7S/c1-13-19(23(30)34-3)20(15-7-9-16(10-8-15)22(29)33-2)26-21(28)18(35-24(26)25-13)12-14-5-4-6-17(11-14)27(31)32/h4-12,20H,1-3H3/b18-12+. The fourth-order valence-corrected chi connectivity index (χ4v) is 4.85. The van der Waals surface area contributed by atoms with Gasteiger partial charge in [-0.25, -0.2) is 14.6 Å². The van der Waals surface area contributed by atoms with Crippen molar-refractivity contribution >= 4 is 35.0 Å². The van der Waals surface area contributed by atoms with Gasteiger partial charge in [-0.2, -0.15) is 0 Å². The molecule has 0 bridgehead atoms. The van der Waals surface area contributed by atoms with Crippen LogP contribution in [0.5, 0.6) is 0 Å². The topological polar surface area (TPSA) is 130 Å². The molecule has 2 heterocycles. The largest absolute Gasteiger partial charge is 0.466 e. The number of carbonyl (C=O) groups is 2. The Morgan fingerprint density at radius 1 is 1.11 bits per heavy atom. The molecule has 0 spiro atoms. The maximum atomic E-state index is 13.5. The van der Waals surface area contributed by atoms with Crippen molar-refractivity contribution in [3.63, 3.8) is 0 Å². The van der Waals surface area contributed by atoms with Gasteiger partial charge in [-0.1, -0.05) is 35.6 Å². The van der Waals surface area contributed by atoms with Crippen molar-refractivity contribution in [3.05, 3.63) is 106 Å². The van der Waals surface area contributed by atoms with E-state index >= 15 is 0 Å². The molecule has 0 fully saturated rings. The van der Waals surface area contributed by atoms with E-state index in [9.17, 15) is 24.5 Å². The van der Waals surface area contributed by atoms with Crippen LogP contribution in [-0.2, 0) is 14.3 Å². The van der Waals surface area contributed by atoms with Gasteiger partial charge in [-0.15, -0.1) is 0 Å². The molecular formula is C24H19N3O7S. The second-order valence-electron chi connectivity index (χ2n) is 7.54. The number of esters is 2. The highest BCUT2D eigenvalue weighted by molar-refractivity contribution is 7.07. The molecular weight excluding hydrogens is 474 g/mol. The number of carbonyl (C=O) groups excluding carboxylic acids is 2. The van der Waals surface area contributed by atoms with Gasteiger partial charge in [-0.3, -0.25) is 19.5 Å². The molecule has 1 unspecified atom stereocenters. The van der Waals surface area contributed by atoms with Crippen molar-refractivity contribution < 1.29 is 24.0 Å². The number of nitro benzene ring substituents is 1. The predicted octanol–water partition coefficient (Wildman–Crippen LogP) is 2.10. The first-order chi connectivity index (χ1) is 16.7. The molecule has 0 aliphatic carbocycles. The van der Waals surface area contributed by atoms with Gasteiger partial charge in [0.05, 0.1) is 46.6 Å². The monoisotopic (exact) mass is 493 g/mol. The summed E-state index contributed by atoms with van der Waals surface area (Å²) >= 11 is 1.10. The molecule has 4 rings (SSSR count). The lowest BCUT2D eigenvalue weighted by atomic mass is 9.95. The van der Waals surface area contributed by atoms with Crippen LogP contribution in [0, 0.1) is 10.1 Å². The molecule has 178 valence electrons. The summed E-state index contributed by atoms with van der Waals surface area (Å²) in [4.78, 5) is 53.5. The zero-order chi connectivity index (χ0) is 25.3. The van der Waals surface area contributed by atoms with Crippen LogP contribution in [0.2, 0.25) is 0 Å². The normalized spacial score (nSPS) is 15.3. The zero-order valence-electron chi connectivity index (χ0n) is 18.9. The number of non-ortho nitro benzene ring substituents is 1. The van der Waals surface area contributed by atoms with Gasteiger partial charge < -0.3 is 9.47 Å². The van der Waals surface area contributed by atoms with E-state index in [-0.39, 0.29) is 11.3 Å². The highest BCUT2D eigenvalue weighted by Crippen LogP contribution is 2.30. The van der Waals surface area contributed by atoms with Crippen molar-refractivity contribution in [2.45, 2.75) is 13.0 Å². The number of fused-ring (bicyclic) bond motifs is 1. The maximum absolute atomic E-state index is 13.5. The summed E-state index contributed by atoms with van der Waals surface area (Å²) in [5, 5.41) is 11.1. The van der Waals surface area contributed by atoms with Gasteiger partial charge in [0.15, 0.2) is 4.80 Å². The fraction of sp³-hybridized carbons (Fsp3) is 0.167. The van der Waals surface area contributed by atoms with E-state index < -0.39 is 28.5 Å². The minimum absolute atomic E-state index is 0.0982. The molecule has 0 N–H and O–H groups in total. The van der Waals surface area contributed by atoms with Gasteiger partial charge in [-0.05, 0) is 36.3 Å². The molecule has 1 aliphatic rings. The minimum atomic E-state index is -0.849. The SMILES string of the molecule is COC(=O)C1=C(C)N=c2s/c(=C/c3cccc([N+](=O)[O-])c3)c(=O)n2C1c1ccc(C(=O)OC)cc1. The minimum Gasteiger partial charge on any atom is -0.466 e. The van der Waals surface area contributed by atoms with E-state index in [1.165, 1.54) is 37.0 Å². The summed E-state index contributed by atoms with van der Waals surface area (Å²) in [7, 11) is 2.52. The van der Waals surface area contributed by atoms with Crippen LogP contribution in [0.1, 0.15) is 34.5 Å². The molecule has 35 heavy (non-hydrogen) atoms. The molecule has 1 atom stereocenters. The number of nitro groups is 1. The number of allylic oxidation sites excluding steroid dienone is 1. The number of ether oxygens (including phenoxy) is 2. The van der Waals surface area contributed by atoms with Crippen molar-refractivity contribution in [1.82, 2.24) is 4.57 Å². The number of benzene rings is 2. The van der Waals surface area contributed by atoms with E-state index in [2.05, 4.69) is 4.99 Å². The Morgan fingerprint density at radius 2 is 1.80 bits per heavy atom. The summed E-state index contributed by atoms with van der Waals surface area (Å²) in [5.41, 5.74) is 1.42.